The van der Waals surface area contributed by atoms with Crippen molar-refractivity contribution < 1.29 is 4.74 Å². The number of hydrogen-bond acceptors (Lipinski definition) is 6. The Morgan fingerprint density at radius 1 is 1.23 bits per heavy atom. The fourth-order valence-corrected chi connectivity index (χ4v) is 1.88. The molecule has 1 heterocycles. The molecule has 0 spiro atoms. The van der Waals surface area contributed by atoms with Crippen molar-refractivity contribution in [1.29, 1.82) is 0 Å². The summed E-state index contributed by atoms with van der Waals surface area (Å²) in [5.74, 6) is 2.18. The molecule has 0 aromatic carbocycles. The summed E-state index contributed by atoms with van der Waals surface area (Å²) in [6.45, 7) is 8.74. The Morgan fingerprint density at radius 2 is 1.95 bits per heavy atom. The van der Waals surface area contributed by atoms with Gasteiger partial charge in [0.2, 0.25) is 5.88 Å². The number of ether oxygens (including phenoxy) is 1. The van der Waals surface area contributed by atoms with Crippen molar-refractivity contribution in [1.82, 2.24) is 14.9 Å². The minimum Gasteiger partial charge on any atom is -0.476 e. The normalized spacial score (nSPS) is 11.2. The van der Waals surface area contributed by atoms with Crippen LogP contribution in [-0.4, -0.2) is 48.7 Å². The number of nitrogens with one attached hydrogen (secondary N) is 1. The topological polar surface area (TPSA) is 76.3 Å². The molecule has 0 fully saturated rings. The number of unbranched alkanes of at least 4 members (excludes halogenated alkanes) is 1. The molecule has 0 aliphatic carbocycles. The highest BCUT2D eigenvalue weighted by molar-refractivity contribution is 5.67. The lowest BCUT2D eigenvalue weighted by Gasteiger charge is -2.16. The Kier molecular flexibility index (Phi) is 7.95. The Balaban J connectivity index is 2.79. The van der Waals surface area contributed by atoms with E-state index >= 15 is 0 Å². The standard InChI is InChI=1S/C16H31N5O/c1-6-7-11-22-16-13(17)15(18-9-8-10-21(4)5)19-14(20-16)12(2)3/h12H,6-11,17H2,1-5H3,(H,18,19,20). The largest absolute Gasteiger partial charge is 0.476 e. The molecule has 0 saturated carbocycles. The van der Waals surface area contributed by atoms with Gasteiger partial charge >= 0.3 is 0 Å². The third-order valence-corrected chi connectivity index (χ3v) is 3.26. The van der Waals surface area contributed by atoms with E-state index in [-0.39, 0.29) is 5.92 Å². The zero-order valence-corrected chi connectivity index (χ0v) is 14.6. The molecule has 1 rings (SSSR count). The zero-order chi connectivity index (χ0) is 16.5. The fraction of sp³-hybridized carbons (Fsp3) is 0.750. The van der Waals surface area contributed by atoms with Crippen molar-refractivity contribution in [2.75, 3.05) is 44.8 Å². The zero-order valence-electron chi connectivity index (χ0n) is 14.6. The molecule has 6 heteroatoms. The van der Waals surface area contributed by atoms with Crippen LogP contribution in [-0.2, 0) is 0 Å². The minimum absolute atomic E-state index is 0.233. The van der Waals surface area contributed by atoms with Crippen LogP contribution in [0.15, 0.2) is 0 Å². The molecular formula is C16H31N5O. The number of hydrogen-bond donors (Lipinski definition) is 2. The molecular weight excluding hydrogens is 278 g/mol. The molecule has 0 aliphatic heterocycles. The number of rotatable bonds is 10. The second-order valence-electron chi connectivity index (χ2n) is 6.09. The first-order valence-corrected chi connectivity index (χ1v) is 8.14. The lowest BCUT2D eigenvalue weighted by atomic mass is 10.2. The third kappa shape index (κ3) is 6.05. The summed E-state index contributed by atoms with van der Waals surface area (Å²) < 4.78 is 5.73. The molecule has 0 bridgehead atoms. The fourth-order valence-electron chi connectivity index (χ4n) is 1.88. The Hall–Kier alpha value is -1.56. The molecule has 3 N–H and O–H groups in total. The smallest absolute Gasteiger partial charge is 0.242 e. The van der Waals surface area contributed by atoms with E-state index in [9.17, 15) is 0 Å². The number of aromatic nitrogens is 2. The first-order chi connectivity index (χ1) is 10.5. The first kappa shape index (κ1) is 18.5. The highest BCUT2D eigenvalue weighted by atomic mass is 16.5. The molecule has 0 aliphatic rings. The molecule has 126 valence electrons. The van der Waals surface area contributed by atoms with Crippen molar-refractivity contribution in [2.45, 2.75) is 46.0 Å². The van der Waals surface area contributed by atoms with Crippen LogP contribution in [0.1, 0.15) is 51.8 Å². The first-order valence-electron chi connectivity index (χ1n) is 8.14. The molecule has 0 amide bonds. The van der Waals surface area contributed by atoms with Gasteiger partial charge < -0.3 is 20.7 Å². The highest BCUT2D eigenvalue weighted by Gasteiger charge is 2.14. The van der Waals surface area contributed by atoms with Crippen molar-refractivity contribution in [3.05, 3.63) is 5.82 Å². The van der Waals surface area contributed by atoms with E-state index in [1.165, 1.54) is 0 Å². The van der Waals surface area contributed by atoms with E-state index in [2.05, 4.69) is 55.1 Å². The Labute approximate surface area is 134 Å². The average molecular weight is 309 g/mol. The minimum atomic E-state index is 0.233. The van der Waals surface area contributed by atoms with Gasteiger partial charge in [-0.3, -0.25) is 0 Å². The molecule has 0 atom stereocenters. The number of nitrogens with two attached hydrogens (primary N) is 1. The van der Waals surface area contributed by atoms with Crippen molar-refractivity contribution in [2.24, 2.45) is 0 Å². The van der Waals surface area contributed by atoms with Crippen molar-refractivity contribution in [3.63, 3.8) is 0 Å². The van der Waals surface area contributed by atoms with E-state index in [4.69, 9.17) is 10.5 Å². The van der Waals surface area contributed by atoms with Crippen LogP contribution in [0.25, 0.3) is 0 Å². The van der Waals surface area contributed by atoms with Crippen molar-refractivity contribution in [3.8, 4) is 5.88 Å². The SMILES string of the molecule is CCCCOc1nc(C(C)C)nc(NCCCN(C)C)c1N. The van der Waals surface area contributed by atoms with E-state index in [0.29, 0.717) is 24.0 Å². The summed E-state index contributed by atoms with van der Waals surface area (Å²) in [6.07, 6.45) is 3.10. The summed E-state index contributed by atoms with van der Waals surface area (Å²) in [7, 11) is 4.13. The van der Waals surface area contributed by atoms with Crippen LogP contribution in [0.3, 0.4) is 0 Å². The van der Waals surface area contributed by atoms with Crippen LogP contribution in [0, 0.1) is 0 Å². The second kappa shape index (κ2) is 9.46. The lowest BCUT2D eigenvalue weighted by molar-refractivity contribution is 0.298. The average Bonchev–Trinajstić information content (AvgIpc) is 2.46. The van der Waals surface area contributed by atoms with Crippen molar-refractivity contribution >= 4 is 11.5 Å². The third-order valence-electron chi connectivity index (χ3n) is 3.26. The highest BCUT2D eigenvalue weighted by Crippen LogP contribution is 2.28. The maximum absolute atomic E-state index is 6.15. The van der Waals surface area contributed by atoms with Gasteiger partial charge in [0, 0.05) is 12.5 Å². The van der Waals surface area contributed by atoms with Crippen LogP contribution in [0.5, 0.6) is 5.88 Å². The molecule has 1 aromatic heterocycles. The van der Waals surface area contributed by atoms with Crippen LogP contribution in [0.2, 0.25) is 0 Å². The molecule has 0 saturated heterocycles. The number of anilines is 2. The molecule has 6 nitrogen and oxygen atoms in total. The van der Waals surface area contributed by atoms with Gasteiger partial charge in [-0.15, -0.1) is 0 Å². The maximum atomic E-state index is 6.15. The molecule has 0 unspecified atom stereocenters. The van der Waals surface area contributed by atoms with E-state index in [1.54, 1.807) is 0 Å². The maximum Gasteiger partial charge on any atom is 0.242 e. The van der Waals surface area contributed by atoms with E-state index < -0.39 is 0 Å². The van der Waals surface area contributed by atoms with Gasteiger partial charge in [-0.2, -0.15) is 4.98 Å². The summed E-state index contributed by atoms with van der Waals surface area (Å²) in [5.41, 5.74) is 6.66. The van der Waals surface area contributed by atoms with Gasteiger partial charge in [0.05, 0.1) is 6.61 Å². The summed E-state index contributed by atoms with van der Waals surface area (Å²) >= 11 is 0. The predicted octanol–water partition coefficient (Wildman–Crippen LogP) is 2.72. The van der Waals surface area contributed by atoms with Gasteiger partial charge in [0.1, 0.15) is 11.5 Å². The van der Waals surface area contributed by atoms with Crippen LogP contribution in [0.4, 0.5) is 11.5 Å². The quantitative estimate of drug-likeness (QED) is 0.647. The molecule has 0 radical (unpaired) electrons. The number of nitrogen functional groups attached to an aromatic ring is 1. The monoisotopic (exact) mass is 309 g/mol. The summed E-state index contributed by atoms with van der Waals surface area (Å²) in [6, 6.07) is 0. The summed E-state index contributed by atoms with van der Waals surface area (Å²) in [5, 5.41) is 3.31. The van der Waals surface area contributed by atoms with E-state index in [0.717, 1.165) is 38.2 Å². The molecule has 1 aromatic rings. The Bertz CT molecular complexity index is 448. The van der Waals surface area contributed by atoms with Gasteiger partial charge in [0.15, 0.2) is 5.82 Å². The lowest BCUT2D eigenvalue weighted by Crippen LogP contribution is -2.18. The predicted molar refractivity (Wildman–Crippen MR) is 92.6 cm³/mol. The van der Waals surface area contributed by atoms with Gasteiger partial charge in [0.25, 0.3) is 0 Å². The second-order valence-corrected chi connectivity index (χ2v) is 6.09. The molecule has 22 heavy (non-hydrogen) atoms. The van der Waals surface area contributed by atoms with Crippen LogP contribution < -0.4 is 15.8 Å². The Morgan fingerprint density at radius 3 is 2.55 bits per heavy atom. The number of nitrogens with zero attached hydrogens (tertiary/aromatic N) is 3. The van der Waals surface area contributed by atoms with Gasteiger partial charge in [-0.1, -0.05) is 27.2 Å². The van der Waals surface area contributed by atoms with E-state index in [1.807, 2.05) is 0 Å². The summed E-state index contributed by atoms with van der Waals surface area (Å²) in [4.78, 5) is 11.1. The van der Waals surface area contributed by atoms with Crippen LogP contribution >= 0.6 is 0 Å². The van der Waals surface area contributed by atoms with Gasteiger partial charge in [-0.25, -0.2) is 4.98 Å². The van der Waals surface area contributed by atoms with Gasteiger partial charge in [-0.05, 0) is 33.5 Å².